The fourth-order valence-corrected chi connectivity index (χ4v) is 17.7. The normalized spacial score (nSPS) is 20.5. The lowest BCUT2D eigenvalue weighted by Gasteiger charge is -2.29. The Morgan fingerprint density at radius 2 is 1.01 bits per heavy atom. The molecule has 1 fully saturated rings. The Bertz CT molecular complexity index is 5700. The molecule has 8 rings (SSSR count). The summed E-state index contributed by atoms with van der Waals surface area (Å²) in [7, 11) is 1.45. The highest BCUT2D eigenvalue weighted by Crippen LogP contribution is 2.27. The molecule has 3 aromatic heterocycles. The first kappa shape index (κ1) is 112. The molecule has 0 radical (unpaired) electrons. The molecule has 4 aromatic carbocycles. The van der Waals surface area contributed by atoms with Gasteiger partial charge in [-0.1, -0.05) is 128 Å². The molecule has 1 aliphatic heterocycles. The van der Waals surface area contributed by atoms with Crippen LogP contribution in [0, 0.1) is 22.7 Å². The van der Waals surface area contributed by atoms with Gasteiger partial charge in [-0.25, -0.2) is 4.98 Å². The second kappa shape index (κ2) is 54.8. The average Bonchev–Trinajstić information content (AvgIpc) is 1.54. The highest BCUT2D eigenvalue weighted by molar-refractivity contribution is 8.76. The van der Waals surface area contributed by atoms with E-state index in [-0.39, 0.29) is 57.3 Å². The lowest BCUT2D eigenvalue weighted by Crippen LogP contribution is -2.62. The summed E-state index contributed by atoms with van der Waals surface area (Å²) in [5, 5.41) is 82.5. The van der Waals surface area contributed by atoms with E-state index in [1.807, 2.05) is 0 Å². The number of aliphatic carboxylic acids is 1. The summed E-state index contributed by atoms with van der Waals surface area (Å²) in [6.07, 6.45) is -1.79. The number of primary amides is 3. The minimum atomic E-state index is -2.14. The summed E-state index contributed by atoms with van der Waals surface area (Å²) in [6, 6.07) is 0.795. The number of carbonyl (C=O) groups excluding carboxylic acids is 18. The second-order valence-corrected chi connectivity index (χ2v) is 37.3. The zero-order valence-electron chi connectivity index (χ0n) is 78.8. The van der Waals surface area contributed by atoms with Crippen molar-refractivity contribution in [3.05, 3.63) is 138 Å². The van der Waals surface area contributed by atoms with Gasteiger partial charge >= 0.3 is 5.97 Å². The molecule has 1 saturated heterocycles. The number of hydrogen-bond acceptors (Lipinski definition) is 25. The minimum Gasteiger partial charge on any atom is -0.481 e. The van der Waals surface area contributed by atoms with Crippen molar-refractivity contribution in [1.29, 1.82) is 10.8 Å². The van der Waals surface area contributed by atoms with Gasteiger partial charge in [0.1, 0.15) is 84.6 Å². The van der Waals surface area contributed by atoms with Crippen molar-refractivity contribution < 1.29 is 101 Å². The Labute approximate surface area is 822 Å². The van der Waals surface area contributed by atoms with Gasteiger partial charge in [-0.05, 0) is 96.9 Å². The maximum Gasteiger partial charge on any atom is 0.305 e. The molecule has 0 unspecified atom stereocenters. The van der Waals surface area contributed by atoms with Crippen molar-refractivity contribution in [3.8, 4) is 0 Å². The van der Waals surface area contributed by atoms with Gasteiger partial charge in [-0.3, -0.25) is 102 Å². The Morgan fingerprint density at radius 3 is 1.57 bits per heavy atom. The number of aliphatic hydroxyl groups is 1. The Morgan fingerprint density at radius 1 is 0.500 bits per heavy atom. The van der Waals surface area contributed by atoms with Crippen LogP contribution in [0.4, 0.5) is 0 Å². The molecule has 7 aromatic rings. The number of fused-ring (bicyclic) bond motifs is 3. The summed E-state index contributed by atoms with van der Waals surface area (Å²) in [5.41, 5.74) is 30.5. The van der Waals surface area contributed by atoms with Crippen LogP contribution < -0.4 is 119 Å². The van der Waals surface area contributed by atoms with E-state index in [1.54, 1.807) is 105 Å². The number of nitrogens with two attached hydrogens (primary N) is 5. The molecule has 0 bridgehead atoms. The third-order valence-corrected chi connectivity index (χ3v) is 25.0. The number of guanidine groups is 2. The molecule has 142 heavy (non-hydrogen) atoms. The van der Waals surface area contributed by atoms with Crippen molar-refractivity contribution in [1.82, 2.24) is 110 Å². The Balaban J connectivity index is 1.27. The van der Waals surface area contributed by atoms with Crippen LogP contribution in [-0.2, 0) is 117 Å². The first-order chi connectivity index (χ1) is 67.4. The number of benzene rings is 4. The van der Waals surface area contributed by atoms with E-state index in [2.05, 4.69) is 110 Å². The number of hydrogen-bond donors (Lipinski definition) is 29. The lowest BCUT2D eigenvalue weighted by molar-refractivity contribution is -0.141. The standard InChI is InChI=1S/C91H124N28O21S2/c1-44(2)30-61(111-78(129)58(24-14-28-100-90(95)96)109-85(136)66(35-71(93)123)106-47(6)121)81(132)117-68-41-141-142-42-69(88(139)119-75(46(5)120)76(94)127)116-79(130)59(25-15-29-101-91(97)98)108-84(135)65(34-52-39-99-43-105-52)113-82(133)63(31-49-18-13-17-48-16-7-8-19-53(48)49)107-72(124)40-104-77(128)62(32-50-37-102-56-22-11-9-20-54(50)56)112-86(137)67(36-73(125)126)114-80(131)60(26-27-70(92)122)110-83(134)64(115-89(140)74(45(3)4)118-87(68)138)33-51-38-103-57-23-12-10-21-55(51)57/h7-13,16-23,37-39,43-46,58-69,74-75,102-103,120H,14-15,24-36,40-42H2,1-6H3,(H2,92,122)(H2,93,123)(H2,94,127)(H,99,105)(H,104,128)(H,106,121)(H,107,124)(H,108,135)(H,109,136)(H,110,134)(H,111,129)(H,112,137)(H,113,133)(H,114,131)(H,115,140)(H,116,130)(H,117,132)(H,118,138)(H,119,139)(H,125,126)(H4,95,96,100)(H4,97,98,101)/t46-,58+,59+,60+,61+,62+,63+,64+,65+,66+,67+,68+,69+,74+,75+/m1/s1. The molecule has 0 spiro atoms. The van der Waals surface area contributed by atoms with Gasteiger partial charge in [0.05, 0.1) is 31.8 Å². The van der Waals surface area contributed by atoms with Crippen LogP contribution in [0.25, 0.3) is 32.6 Å². The first-order valence-electron chi connectivity index (χ1n) is 45.6. The molecule has 0 saturated carbocycles. The quantitative estimate of drug-likeness (QED) is 0.00749. The molecule has 51 heteroatoms. The number of nitrogens with one attached hydrogen (secondary N) is 22. The van der Waals surface area contributed by atoms with Gasteiger partial charge in [0.15, 0.2) is 11.9 Å². The molecule has 1 aliphatic rings. The van der Waals surface area contributed by atoms with E-state index < -0.39 is 290 Å². The van der Waals surface area contributed by atoms with Crippen molar-refractivity contribution in [2.45, 2.75) is 216 Å². The Kier molecular flexibility index (Phi) is 43.2. The number of carboxylic acids is 1. The molecule has 34 N–H and O–H groups in total. The van der Waals surface area contributed by atoms with Gasteiger partial charge < -0.3 is 144 Å². The number of nitrogens with zero attached hydrogens (tertiary/aromatic N) is 1. The molecule has 4 heterocycles. The zero-order chi connectivity index (χ0) is 104. The molecule has 0 aliphatic carbocycles. The second-order valence-electron chi connectivity index (χ2n) is 34.8. The van der Waals surface area contributed by atoms with Gasteiger partial charge in [0.2, 0.25) is 106 Å². The van der Waals surface area contributed by atoms with Gasteiger partial charge in [0, 0.05) is 110 Å². The number of imidazole rings is 1. The minimum absolute atomic E-state index is 0.00433. The van der Waals surface area contributed by atoms with Crippen molar-refractivity contribution in [2.75, 3.05) is 31.1 Å². The number of aromatic amines is 3. The highest BCUT2D eigenvalue weighted by atomic mass is 33.1. The van der Waals surface area contributed by atoms with Crippen LogP contribution in [0.1, 0.15) is 122 Å². The molecule has 18 amide bonds. The monoisotopic (exact) mass is 2010 g/mol. The number of aliphatic hydroxyl groups excluding tert-OH is 1. The SMILES string of the molecule is CC(=O)N[C@@H](CC(N)=O)C(=O)N[C@@H](CCCNC(=N)N)C(=O)N[C@@H](CC(C)C)C(=O)N[C@H]1CSSC[C@@H](C(=O)N[C@H](C(N)=O)[C@@H](C)O)NC(=O)[C@H](CCCNC(=N)N)NC(=O)[C@H](Cc2cnc[nH]2)NC(=O)[C@H](Cc2cccc3ccccc23)NC(=O)CNC(=O)[C@H](Cc2c[nH]c3ccccc23)NC(=O)[C@H](CC(=O)O)NC(=O)[C@H](CCC(N)=O)NC(=O)[C@H](Cc2c[nH]c3ccccc23)NC(=O)[C@H](C(C)C)NC1=O. The van der Waals surface area contributed by atoms with Crippen LogP contribution in [-0.4, -0.2) is 276 Å². The highest BCUT2D eigenvalue weighted by Gasteiger charge is 2.41. The summed E-state index contributed by atoms with van der Waals surface area (Å²) in [4.78, 5) is 287. The van der Waals surface area contributed by atoms with Crippen LogP contribution in [0.2, 0.25) is 0 Å². The third kappa shape index (κ3) is 35.5. The average molecular weight is 2010 g/mol. The fourth-order valence-electron chi connectivity index (χ4n) is 15.4. The number of aromatic nitrogens is 4. The maximum absolute atomic E-state index is 15.6. The van der Waals surface area contributed by atoms with E-state index in [4.69, 9.17) is 39.5 Å². The molecular formula is C91H124N28O21S2. The van der Waals surface area contributed by atoms with E-state index in [0.29, 0.717) is 49.3 Å². The zero-order valence-corrected chi connectivity index (χ0v) is 80.4. The van der Waals surface area contributed by atoms with Crippen LogP contribution in [0.3, 0.4) is 0 Å². The topological polar surface area (TPSA) is 807 Å². The van der Waals surface area contributed by atoms with Crippen molar-refractivity contribution in [3.63, 3.8) is 0 Å². The van der Waals surface area contributed by atoms with Gasteiger partial charge in [0.25, 0.3) is 0 Å². The molecule has 15 atom stereocenters. The summed E-state index contributed by atoms with van der Waals surface area (Å²) in [6.45, 7) is 7.34. The van der Waals surface area contributed by atoms with Crippen LogP contribution in [0.15, 0.2) is 116 Å². The summed E-state index contributed by atoms with van der Waals surface area (Å²) >= 11 is 0. The maximum atomic E-state index is 15.6. The van der Waals surface area contributed by atoms with Crippen LogP contribution >= 0.6 is 21.6 Å². The molecular weight excluding hydrogens is 1890 g/mol. The predicted molar refractivity (Wildman–Crippen MR) is 523 cm³/mol. The lowest BCUT2D eigenvalue weighted by atomic mass is 9.98. The predicted octanol–water partition coefficient (Wildman–Crippen LogP) is -5.18. The number of H-pyrrole nitrogens is 3. The summed E-state index contributed by atoms with van der Waals surface area (Å²) in [5.74, 6) is -25.2. The smallest absolute Gasteiger partial charge is 0.305 e. The number of para-hydroxylation sites is 2. The largest absolute Gasteiger partial charge is 0.481 e. The fraction of sp³-hybridized carbons (Fsp3) is 0.451. The van der Waals surface area contributed by atoms with Crippen molar-refractivity contribution >= 4 is 178 Å². The van der Waals surface area contributed by atoms with E-state index in [0.717, 1.165) is 35.4 Å². The molecule has 49 nitrogen and oxygen atoms in total. The van der Waals surface area contributed by atoms with Gasteiger partial charge in [-0.15, -0.1) is 0 Å². The number of carboxylic acid groups (broad SMARTS) is 1. The van der Waals surface area contributed by atoms with Crippen LogP contribution in [0.5, 0.6) is 0 Å². The van der Waals surface area contributed by atoms with E-state index in [1.165, 1.54) is 38.8 Å². The van der Waals surface area contributed by atoms with Gasteiger partial charge in [-0.2, -0.15) is 0 Å². The van der Waals surface area contributed by atoms with E-state index in [9.17, 15) is 63.0 Å². The third-order valence-electron chi connectivity index (χ3n) is 22.6. The first-order valence-corrected chi connectivity index (χ1v) is 48.1. The summed E-state index contributed by atoms with van der Waals surface area (Å²) < 4.78 is 0. The van der Waals surface area contributed by atoms with E-state index >= 15 is 38.4 Å². The number of carbonyl (C=O) groups is 19. The number of rotatable bonds is 37. The van der Waals surface area contributed by atoms with Crippen molar-refractivity contribution in [2.24, 2.45) is 40.5 Å². The molecule has 766 valence electrons. The Hall–Kier alpha value is -15.4. The number of amides is 18.